The Hall–Kier alpha value is -1.79. The average Bonchev–Trinajstić information content (AvgIpc) is 2.31. The zero-order valence-electron chi connectivity index (χ0n) is 9.94. The number of carbonyl (C=O) groups excluding carboxylic acids is 1. The number of nitrogens with zero attached hydrogens (tertiary/aromatic N) is 1. The summed E-state index contributed by atoms with van der Waals surface area (Å²) >= 11 is 0. The van der Waals surface area contributed by atoms with Crippen LogP contribution in [0.15, 0.2) is 24.3 Å². The smallest absolute Gasteiger partial charge is 0.242 e. The van der Waals surface area contributed by atoms with Crippen molar-refractivity contribution in [2.75, 3.05) is 19.6 Å². The molecule has 0 aliphatic carbocycles. The molecule has 88 valence electrons. The van der Waals surface area contributed by atoms with Crippen LogP contribution < -0.4 is 5.32 Å². The maximum Gasteiger partial charge on any atom is 0.242 e. The highest BCUT2D eigenvalue weighted by Crippen LogP contribution is 2.25. The van der Waals surface area contributed by atoms with Crippen LogP contribution in [0.25, 0.3) is 0 Å². The molecule has 1 fully saturated rings. The third-order valence-corrected chi connectivity index (χ3v) is 3.09. The molecule has 1 heterocycles. The number of aryl methyl sites for hydroxylation is 1. The van der Waals surface area contributed by atoms with Crippen molar-refractivity contribution in [1.29, 1.82) is 0 Å². The molecule has 0 unspecified atom stereocenters. The Labute approximate surface area is 102 Å². The Morgan fingerprint density at radius 3 is 3.00 bits per heavy atom. The van der Waals surface area contributed by atoms with Gasteiger partial charge < -0.3 is 5.32 Å². The number of rotatable bonds is 2. The molecule has 3 heteroatoms. The van der Waals surface area contributed by atoms with E-state index in [9.17, 15) is 4.79 Å². The van der Waals surface area contributed by atoms with Gasteiger partial charge in [-0.15, -0.1) is 6.42 Å². The SMILES string of the molecule is C#CCN1CCNC(=O)[C@H]1c1ccccc1C. The lowest BCUT2D eigenvalue weighted by atomic mass is 9.98. The monoisotopic (exact) mass is 228 g/mol. The first kappa shape index (κ1) is 11.7. The minimum atomic E-state index is -0.249. The van der Waals surface area contributed by atoms with E-state index in [4.69, 9.17) is 6.42 Å². The number of nitrogens with one attached hydrogen (secondary N) is 1. The summed E-state index contributed by atoms with van der Waals surface area (Å²) in [6, 6.07) is 7.70. The highest BCUT2D eigenvalue weighted by molar-refractivity contribution is 5.84. The predicted octanol–water partition coefficient (Wildman–Crippen LogP) is 1.10. The van der Waals surface area contributed by atoms with Crippen molar-refractivity contribution in [1.82, 2.24) is 10.2 Å². The van der Waals surface area contributed by atoms with Gasteiger partial charge in [0.2, 0.25) is 5.91 Å². The lowest BCUT2D eigenvalue weighted by molar-refractivity contribution is -0.128. The molecule has 1 N–H and O–H groups in total. The summed E-state index contributed by atoms with van der Waals surface area (Å²) in [6.07, 6.45) is 5.36. The minimum absolute atomic E-state index is 0.0424. The van der Waals surface area contributed by atoms with Crippen LogP contribution in [0.4, 0.5) is 0 Å². The molecule has 1 saturated heterocycles. The van der Waals surface area contributed by atoms with Crippen LogP contribution in [-0.4, -0.2) is 30.4 Å². The maximum atomic E-state index is 12.0. The lowest BCUT2D eigenvalue weighted by Crippen LogP contribution is -2.50. The molecule has 0 spiro atoms. The number of amides is 1. The van der Waals surface area contributed by atoms with Gasteiger partial charge in [0, 0.05) is 13.1 Å². The standard InChI is InChI=1S/C14H16N2O/c1-3-9-16-10-8-15-14(17)13(16)12-7-5-4-6-11(12)2/h1,4-7,13H,8-10H2,2H3,(H,15,17)/t13-/m1/s1. The van der Waals surface area contributed by atoms with Gasteiger partial charge in [-0.2, -0.15) is 0 Å². The fourth-order valence-electron chi connectivity index (χ4n) is 2.23. The van der Waals surface area contributed by atoms with Crippen LogP contribution in [-0.2, 0) is 4.79 Å². The van der Waals surface area contributed by atoms with Crippen molar-refractivity contribution < 1.29 is 4.79 Å². The lowest BCUT2D eigenvalue weighted by Gasteiger charge is -2.34. The van der Waals surface area contributed by atoms with Crippen LogP contribution in [0.1, 0.15) is 17.2 Å². The van der Waals surface area contributed by atoms with E-state index < -0.39 is 0 Å². The van der Waals surface area contributed by atoms with Gasteiger partial charge in [-0.3, -0.25) is 9.69 Å². The van der Waals surface area contributed by atoms with E-state index in [1.54, 1.807) is 0 Å². The average molecular weight is 228 g/mol. The first-order valence-electron chi connectivity index (χ1n) is 5.75. The largest absolute Gasteiger partial charge is 0.353 e. The fraction of sp³-hybridized carbons (Fsp3) is 0.357. The number of piperazine rings is 1. The highest BCUT2D eigenvalue weighted by atomic mass is 16.2. The molecule has 1 aromatic carbocycles. The van der Waals surface area contributed by atoms with Crippen molar-refractivity contribution in [2.45, 2.75) is 13.0 Å². The second-order valence-corrected chi connectivity index (χ2v) is 4.22. The summed E-state index contributed by atoms with van der Waals surface area (Å²) in [5.41, 5.74) is 2.16. The van der Waals surface area contributed by atoms with Crippen molar-refractivity contribution >= 4 is 5.91 Å². The predicted molar refractivity (Wildman–Crippen MR) is 67.3 cm³/mol. The molecule has 0 radical (unpaired) electrons. The first-order chi connectivity index (χ1) is 8.24. The quantitative estimate of drug-likeness (QED) is 0.769. The fourth-order valence-corrected chi connectivity index (χ4v) is 2.23. The summed E-state index contributed by atoms with van der Waals surface area (Å²) in [6.45, 7) is 4.00. The van der Waals surface area contributed by atoms with E-state index in [-0.39, 0.29) is 11.9 Å². The molecule has 1 aliphatic heterocycles. The minimum Gasteiger partial charge on any atom is -0.353 e. The molecule has 1 atom stereocenters. The van der Waals surface area contributed by atoms with Crippen LogP contribution in [0, 0.1) is 19.3 Å². The van der Waals surface area contributed by atoms with Gasteiger partial charge in [0.05, 0.1) is 6.54 Å². The molecular formula is C14H16N2O. The van der Waals surface area contributed by atoms with Crippen LogP contribution >= 0.6 is 0 Å². The number of benzene rings is 1. The van der Waals surface area contributed by atoms with E-state index >= 15 is 0 Å². The summed E-state index contributed by atoms with van der Waals surface area (Å²) in [5.74, 6) is 2.67. The molecular weight excluding hydrogens is 212 g/mol. The Morgan fingerprint density at radius 1 is 1.53 bits per heavy atom. The second kappa shape index (κ2) is 5.03. The van der Waals surface area contributed by atoms with E-state index in [0.29, 0.717) is 13.1 Å². The number of hydrogen-bond acceptors (Lipinski definition) is 2. The van der Waals surface area contributed by atoms with Crippen molar-refractivity contribution in [3.05, 3.63) is 35.4 Å². The summed E-state index contributed by atoms with van der Waals surface area (Å²) < 4.78 is 0. The Kier molecular flexibility index (Phi) is 3.46. The molecule has 0 saturated carbocycles. The van der Waals surface area contributed by atoms with Crippen molar-refractivity contribution in [3.63, 3.8) is 0 Å². The van der Waals surface area contributed by atoms with Gasteiger partial charge in [-0.05, 0) is 18.1 Å². The molecule has 1 aromatic rings. The van der Waals surface area contributed by atoms with Gasteiger partial charge in [0.1, 0.15) is 6.04 Å². The normalized spacial score (nSPS) is 20.7. The highest BCUT2D eigenvalue weighted by Gasteiger charge is 2.31. The molecule has 1 aliphatic rings. The van der Waals surface area contributed by atoms with Gasteiger partial charge >= 0.3 is 0 Å². The van der Waals surface area contributed by atoms with Gasteiger partial charge in [0.15, 0.2) is 0 Å². The third-order valence-electron chi connectivity index (χ3n) is 3.09. The van der Waals surface area contributed by atoms with Crippen LogP contribution in [0.5, 0.6) is 0 Å². The van der Waals surface area contributed by atoms with E-state index in [0.717, 1.165) is 17.7 Å². The summed E-state index contributed by atoms with van der Waals surface area (Å²) in [5, 5.41) is 2.90. The zero-order valence-corrected chi connectivity index (χ0v) is 9.94. The third kappa shape index (κ3) is 2.32. The van der Waals surface area contributed by atoms with Gasteiger partial charge in [-0.25, -0.2) is 0 Å². The zero-order chi connectivity index (χ0) is 12.3. The number of terminal acetylenes is 1. The van der Waals surface area contributed by atoms with Crippen molar-refractivity contribution in [3.8, 4) is 12.3 Å². The molecule has 2 rings (SSSR count). The topological polar surface area (TPSA) is 32.3 Å². The molecule has 3 nitrogen and oxygen atoms in total. The number of carbonyl (C=O) groups is 1. The van der Waals surface area contributed by atoms with Crippen LogP contribution in [0.3, 0.4) is 0 Å². The summed E-state index contributed by atoms with van der Waals surface area (Å²) in [4.78, 5) is 14.1. The molecule has 0 bridgehead atoms. The Balaban J connectivity index is 2.35. The van der Waals surface area contributed by atoms with E-state index in [2.05, 4.69) is 11.2 Å². The maximum absolute atomic E-state index is 12.0. The second-order valence-electron chi connectivity index (χ2n) is 4.22. The van der Waals surface area contributed by atoms with E-state index in [1.807, 2.05) is 36.1 Å². The van der Waals surface area contributed by atoms with Crippen LogP contribution in [0.2, 0.25) is 0 Å². The molecule has 1 amide bonds. The van der Waals surface area contributed by atoms with E-state index in [1.165, 1.54) is 0 Å². The summed E-state index contributed by atoms with van der Waals surface area (Å²) in [7, 11) is 0. The first-order valence-corrected chi connectivity index (χ1v) is 5.75. The molecule has 17 heavy (non-hydrogen) atoms. The molecule has 0 aromatic heterocycles. The Bertz CT molecular complexity index is 462. The van der Waals surface area contributed by atoms with Gasteiger partial charge in [-0.1, -0.05) is 30.2 Å². The number of hydrogen-bond donors (Lipinski definition) is 1. The van der Waals surface area contributed by atoms with Gasteiger partial charge in [0.25, 0.3) is 0 Å². The van der Waals surface area contributed by atoms with Crippen molar-refractivity contribution in [2.24, 2.45) is 0 Å². The Morgan fingerprint density at radius 2 is 2.29 bits per heavy atom.